The summed E-state index contributed by atoms with van der Waals surface area (Å²) >= 11 is 5.09. The highest BCUT2D eigenvalue weighted by Crippen LogP contribution is 2.39. The van der Waals surface area contributed by atoms with E-state index in [1.165, 1.54) is 9.80 Å². The number of hydrogen-bond donors (Lipinski definition) is 0. The molecule has 96 valence electrons. The molecular weight excluding hydrogens is 248 g/mol. The number of allylic oxidation sites excluding steroid dienone is 4. The number of thiocarbonyl (C=S) groups is 1. The molecule has 1 fully saturated rings. The quantitative estimate of drug-likeness (QED) is 0.530. The summed E-state index contributed by atoms with van der Waals surface area (Å²) in [7, 11) is 3.24. The van der Waals surface area contributed by atoms with E-state index in [1.54, 1.807) is 21.0 Å². The average molecular weight is 264 g/mol. The Kier molecular flexibility index (Phi) is 3.11. The second-order valence-electron chi connectivity index (χ2n) is 4.87. The lowest BCUT2D eigenvalue weighted by Crippen LogP contribution is -2.64. The molecule has 1 atom stereocenters. The van der Waals surface area contributed by atoms with Crippen LogP contribution in [0, 0.1) is 11.3 Å². The molecular formula is C13H16N2O2S. The van der Waals surface area contributed by atoms with Crippen LogP contribution in [0.5, 0.6) is 0 Å². The third-order valence-electron chi connectivity index (χ3n) is 3.79. The van der Waals surface area contributed by atoms with Crippen LogP contribution in [0.4, 0.5) is 0 Å². The van der Waals surface area contributed by atoms with E-state index in [2.05, 4.69) is 0 Å². The van der Waals surface area contributed by atoms with Gasteiger partial charge in [0.05, 0.1) is 0 Å². The number of rotatable bonds is 1. The summed E-state index contributed by atoms with van der Waals surface area (Å²) < 4.78 is 0. The lowest BCUT2D eigenvalue weighted by atomic mass is 9.71. The summed E-state index contributed by atoms with van der Waals surface area (Å²) in [6, 6.07) is 0. The normalized spacial score (nSPS) is 27.1. The zero-order valence-electron chi connectivity index (χ0n) is 10.7. The maximum Gasteiger partial charge on any atom is 0.244 e. The minimum Gasteiger partial charge on any atom is -0.291 e. The van der Waals surface area contributed by atoms with Crippen LogP contribution in [0.1, 0.15) is 13.3 Å². The van der Waals surface area contributed by atoms with Crippen molar-refractivity contribution in [3.8, 4) is 0 Å². The van der Waals surface area contributed by atoms with Crippen molar-refractivity contribution in [3.63, 3.8) is 0 Å². The summed E-state index contributed by atoms with van der Waals surface area (Å²) in [5.74, 6) is -0.559. The highest BCUT2D eigenvalue weighted by atomic mass is 32.1. The van der Waals surface area contributed by atoms with Gasteiger partial charge in [-0.1, -0.05) is 24.3 Å². The van der Waals surface area contributed by atoms with E-state index < -0.39 is 5.41 Å². The minimum atomic E-state index is -1.06. The Labute approximate surface area is 112 Å². The van der Waals surface area contributed by atoms with Gasteiger partial charge in [-0.15, -0.1) is 0 Å². The number of carbonyl (C=O) groups excluding carboxylic acids is 2. The summed E-state index contributed by atoms with van der Waals surface area (Å²) in [4.78, 5) is 27.7. The molecule has 18 heavy (non-hydrogen) atoms. The maximum atomic E-state index is 12.4. The summed E-state index contributed by atoms with van der Waals surface area (Å²) in [6.45, 7) is 1.71. The monoisotopic (exact) mass is 264 g/mol. The van der Waals surface area contributed by atoms with Gasteiger partial charge in [0.2, 0.25) is 11.8 Å². The number of nitrogens with zero attached hydrogens (tertiary/aromatic N) is 2. The number of hydrogen-bond acceptors (Lipinski definition) is 3. The molecule has 2 amide bonds. The molecule has 1 heterocycles. The minimum absolute atomic E-state index is 0.115. The summed E-state index contributed by atoms with van der Waals surface area (Å²) in [5.41, 5.74) is -1.06. The van der Waals surface area contributed by atoms with E-state index >= 15 is 0 Å². The van der Waals surface area contributed by atoms with Gasteiger partial charge in [0, 0.05) is 20.0 Å². The first-order chi connectivity index (χ1) is 8.40. The summed E-state index contributed by atoms with van der Waals surface area (Å²) in [6.07, 6.45) is 8.40. The van der Waals surface area contributed by atoms with E-state index in [1.807, 2.05) is 24.3 Å². The fraction of sp³-hybridized carbons (Fsp3) is 0.462. The van der Waals surface area contributed by atoms with Crippen LogP contribution in [0.15, 0.2) is 24.3 Å². The van der Waals surface area contributed by atoms with E-state index in [-0.39, 0.29) is 22.8 Å². The maximum absolute atomic E-state index is 12.4. The lowest BCUT2D eigenvalue weighted by molar-refractivity contribution is -0.156. The van der Waals surface area contributed by atoms with Crippen molar-refractivity contribution in [2.24, 2.45) is 11.3 Å². The van der Waals surface area contributed by atoms with Crippen molar-refractivity contribution in [2.45, 2.75) is 13.3 Å². The Hall–Kier alpha value is -1.49. The van der Waals surface area contributed by atoms with E-state index in [0.29, 0.717) is 6.42 Å². The molecule has 5 heteroatoms. The number of amides is 2. The molecule has 2 rings (SSSR count). The molecule has 0 aromatic carbocycles. The molecule has 1 aliphatic carbocycles. The van der Waals surface area contributed by atoms with Gasteiger partial charge in [-0.05, 0) is 25.6 Å². The van der Waals surface area contributed by atoms with Crippen molar-refractivity contribution in [2.75, 3.05) is 14.1 Å². The van der Waals surface area contributed by atoms with Crippen LogP contribution in [-0.2, 0) is 9.59 Å². The Balaban J connectivity index is 2.43. The summed E-state index contributed by atoms with van der Waals surface area (Å²) in [5, 5.41) is 0.262. The highest BCUT2D eigenvalue weighted by Gasteiger charge is 2.54. The Morgan fingerprint density at radius 1 is 1.22 bits per heavy atom. The molecule has 0 saturated carbocycles. The van der Waals surface area contributed by atoms with E-state index in [4.69, 9.17) is 12.2 Å². The van der Waals surface area contributed by atoms with Crippen molar-refractivity contribution < 1.29 is 9.59 Å². The van der Waals surface area contributed by atoms with Gasteiger partial charge < -0.3 is 0 Å². The van der Waals surface area contributed by atoms with Crippen LogP contribution in [0.2, 0.25) is 0 Å². The lowest BCUT2D eigenvalue weighted by Gasteiger charge is -2.44. The second kappa shape index (κ2) is 4.31. The van der Waals surface area contributed by atoms with Crippen LogP contribution in [0.25, 0.3) is 0 Å². The SMILES string of the molecule is CN1C(=O)C(C)(C2C=CC=CC2)C(=O)N(C)C1=S. The molecule has 0 N–H and O–H groups in total. The van der Waals surface area contributed by atoms with E-state index in [9.17, 15) is 9.59 Å². The van der Waals surface area contributed by atoms with Crippen molar-refractivity contribution in [3.05, 3.63) is 24.3 Å². The van der Waals surface area contributed by atoms with Crippen LogP contribution in [0.3, 0.4) is 0 Å². The van der Waals surface area contributed by atoms with Gasteiger partial charge in [0.15, 0.2) is 5.11 Å². The molecule has 4 nitrogen and oxygen atoms in total. The molecule has 1 unspecified atom stereocenters. The van der Waals surface area contributed by atoms with Crippen molar-refractivity contribution in [1.29, 1.82) is 0 Å². The molecule has 1 aliphatic heterocycles. The fourth-order valence-corrected chi connectivity index (χ4v) is 2.68. The zero-order chi connectivity index (χ0) is 13.5. The largest absolute Gasteiger partial charge is 0.291 e. The first kappa shape index (κ1) is 13.0. The predicted molar refractivity (Wildman–Crippen MR) is 72.6 cm³/mol. The molecule has 0 radical (unpaired) electrons. The van der Waals surface area contributed by atoms with Crippen molar-refractivity contribution >= 4 is 29.1 Å². The average Bonchev–Trinajstić information content (AvgIpc) is 2.42. The Morgan fingerprint density at radius 3 is 2.22 bits per heavy atom. The van der Waals surface area contributed by atoms with Gasteiger partial charge >= 0.3 is 0 Å². The van der Waals surface area contributed by atoms with Gasteiger partial charge in [0.25, 0.3) is 0 Å². The molecule has 0 aromatic heterocycles. The standard InChI is InChI=1S/C13H16N2O2S/c1-13(9-7-5-4-6-8-9)10(16)14(2)12(18)15(3)11(13)17/h4-7,9H,8H2,1-3H3. The Bertz CT molecular complexity index is 457. The molecule has 0 bridgehead atoms. The van der Waals surface area contributed by atoms with Crippen LogP contribution in [-0.4, -0.2) is 40.8 Å². The third-order valence-corrected chi connectivity index (χ3v) is 4.34. The van der Waals surface area contributed by atoms with Crippen LogP contribution >= 0.6 is 12.2 Å². The smallest absolute Gasteiger partial charge is 0.244 e. The topological polar surface area (TPSA) is 40.6 Å². The number of carbonyl (C=O) groups is 2. The Morgan fingerprint density at radius 2 is 1.78 bits per heavy atom. The van der Waals surface area contributed by atoms with E-state index in [0.717, 1.165) is 0 Å². The highest BCUT2D eigenvalue weighted by molar-refractivity contribution is 7.80. The first-order valence-corrected chi connectivity index (χ1v) is 6.25. The second-order valence-corrected chi connectivity index (χ2v) is 5.23. The van der Waals surface area contributed by atoms with Gasteiger partial charge in [-0.2, -0.15) is 0 Å². The van der Waals surface area contributed by atoms with Crippen LogP contribution < -0.4 is 0 Å². The fourth-order valence-electron chi connectivity index (χ4n) is 2.51. The third kappa shape index (κ3) is 1.61. The molecule has 1 saturated heterocycles. The van der Waals surface area contributed by atoms with Gasteiger partial charge in [-0.3, -0.25) is 19.4 Å². The zero-order valence-corrected chi connectivity index (χ0v) is 11.5. The molecule has 0 aromatic rings. The van der Waals surface area contributed by atoms with Crippen molar-refractivity contribution in [1.82, 2.24) is 9.80 Å². The van der Waals surface area contributed by atoms with Gasteiger partial charge in [0.1, 0.15) is 5.41 Å². The van der Waals surface area contributed by atoms with Gasteiger partial charge in [-0.25, -0.2) is 0 Å². The predicted octanol–water partition coefficient (Wildman–Crippen LogP) is 1.34. The first-order valence-electron chi connectivity index (χ1n) is 5.84. The molecule has 0 spiro atoms. The molecule has 2 aliphatic rings.